The molecule has 1 fully saturated rings. The van der Waals surface area contributed by atoms with Crippen molar-refractivity contribution < 1.29 is 4.79 Å². The number of carbonyl (C=O) groups excluding carboxylic acids is 1. The molecular formula is C24H27N5OS. The molecule has 2 atom stereocenters. The zero-order chi connectivity index (χ0) is 21.8. The van der Waals surface area contributed by atoms with Crippen LogP contribution in [0.15, 0.2) is 60.8 Å². The Morgan fingerprint density at radius 3 is 2.68 bits per heavy atom. The van der Waals surface area contributed by atoms with Crippen molar-refractivity contribution >= 4 is 28.9 Å². The minimum atomic E-state index is -0.0874. The molecule has 0 radical (unpaired) electrons. The Morgan fingerprint density at radius 1 is 1.16 bits per heavy atom. The summed E-state index contributed by atoms with van der Waals surface area (Å²) in [7, 11) is 0. The maximum atomic E-state index is 12.7. The zero-order valence-corrected chi connectivity index (χ0v) is 18.6. The molecule has 0 unspecified atom stereocenters. The molecule has 0 aliphatic carbocycles. The first-order chi connectivity index (χ1) is 15.1. The number of pyridine rings is 1. The molecule has 1 saturated heterocycles. The van der Waals surface area contributed by atoms with Gasteiger partial charge in [0.2, 0.25) is 5.91 Å². The van der Waals surface area contributed by atoms with E-state index in [1.54, 1.807) is 6.20 Å². The Hall–Kier alpha value is -3.19. The first kappa shape index (κ1) is 21.1. The van der Waals surface area contributed by atoms with Crippen LogP contribution in [-0.2, 0) is 11.2 Å². The second-order valence-electron chi connectivity index (χ2n) is 7.73. The summed E-state index contributed by atoms with van der Waals surface area (Å²) < 4.78 is 0. The van der Waals surface area contributed by atoms with E-state index in [4.69, 9.17) is 12.2 Å². The molecule has 1 aliphatic heterocycles. The third kappa shape index (κ3) is 4.61. The van der Waals surface area contributed by atoms with Gasteiger partial charge in [-0.15, -0.1) is 0 Å². The fraction of sp³-hybridized carbons (Fsp3) is 0.292. The zero-order valence-electron chi connectivity index (χ0n) is 17.8. The summed E-state index contributed by atoms with van der Waals surface area (Å²) in [4.78, 5) is 22.8. The van der Waals surface area contributed by atoms with Crippen LogP contribution < -0.4 is 10.6 Å². The summed E-state index contributed by atoms with van der Waals surface area (Å²) in [6, 6.07) is 17.8. The van der Waals surface area contributed by atoms with Crippen molar-refractivity contribution in [3.05, 3.63) is 83.4 Å². The highest BCUT2D eigenvalue weighted by atomic mass is 32.1. The van der Waals surface area contributed by atoms with E-state index in [0.717, 1.165) is 34.8 Å². The number of rotatable bonds is 7. The fourth-order valence-corrected chi connectivity index (χ4v) is 4.40. The average Bonchev–Trinajstić information content (AvgIpc) is 3.35. The molecule has 4 rings (SSSR count). The van der Waals surface area contributed by atoms with Crippen LogP contribution in [-0.4, -0.2) is 32.4 Å². The Morgan fingerprint density at radius 2 is 1.97 bits per heavy atom. The van der Waals surface area contributed by atoms with Gasteiger partial charge >= 0.3 is 0 Å². The topological polar surface area (TPSA) is 73.1 Å². The van der Waals surface area contributed by atoms with E-state index < -0.39 is 0 Å². The van der Waals surface area contributed by atoms with Gasteiger partial charge in [-0.2, -0.15) is 0 Å². The van der Waals surface area contributed by atoms with E-state index in [0.29, 0.717) is 18.1 Å². The van der Waals surface area contributed by atoms with E-state index >= 15 is 0 Å². The van der Waals surface area contributed by atoms with Gasteiger partial charge in [0, 0.05) is 36.2 Å². The SMILES string of the molecule is CCc1ccccc1NC(=O)CCN1C(=S)N[C@@H](c2ccccn2)[C@@H]1c1ccc(C)[nH]1. The van der Waals surface area contributed by atoms with Crippen molar-refractivity contribution in [1.29, 1.82) is 0 Å². The van der Waals surface area contributed by atoms with Crippen molar-refractivity contribution in [2.45, 2.75) is 38.8 Å². The van der Waals surface area contributed by atoms with Crippen molar-refractivity contribution in [3.8, 4) is 0 Å². The molecule has 3 aromatic rings. The Balaban J connectivity index is 1.52. The summed E-state index contributed by atoms with van der Waals surface area (Å²) >= 11 is 5.66. The monoisotopic (exact) mass is 433 g/mol. The molecule has 0 saturated carbocycles. The maximum absolute atomic E-state index is 12.7. The van der Waals surface area contributed by atoms with Crippen LogP contribution in [0.3, 0.4) is 0 Å². The largest absolute Gasteiger partial charge is 0.361 e. The molecule has 1 aromatic carbocycles. The number of aryl methyl sites for hydroxylation is 2. The van der Waals surface area contributed by atoms with Crippen molar-refractivity contribution in [2.75, 3.05) is 11.9 Å². The lowest BCUT2D eigenvalue weighted by Crippen LogP contribution is -2.33. The number of hydrogen-bond donors (Lipinski definition) is 3. The first-order valence-corrected chi connectivity index (χ1v) is 11.0. The second kappa shape index (κ2) is 9.31. The number of nitrogens with one attached hydrogen (secondary N) is 3. The standard InChI is InChI=1S/C24H27N5OS/c1-3-17-8-4-5-9-18(17)27-21(30)13-15-29-23(20-12-11-16(2)26-20)22(28-24(29)31)19-10-6-7-14-25-19/h4-12,14,22-23,26H,3,13,15H2,1-2H3,(H,27,30)(H,28,31)/t22-,23-/m0/s1. The van der Waals surface area contributed by atoms with Gasteiger partial charge in [0.15, 0.2) is 5.11 Å². The maximum Gasteiger partial charge on any atom is 0.226 e. The van der Waals surface area contributed by atoms with Crippen LogP contribution in [0.2, 0.25) is 0 Å². The molecule has 0 bridgehead atoms. The Bertz CT molecular complexity index is 1060. The van der Waals surface area contributed by atoms with Crippen LogP contribution in [0.5, 0.6) is 0 Å². The number of amides is 1. The quantitative estimate of drug-likeness (QED) is 0.485. The van der Waals surface area contributed by atoms with Gasteiger partial charge in [-0.25, -0.2) is 0 Å². The van der Waals surface area contributed by atoms with E-state index in [1.165, 1.54) is 0 Å². The number of thiocarbonyl (C=S) groups is 1. The molecule has 31 heavy (non-hydrogen) atoms. The number of H-pyrrole nitrogens is 1. The lowest BCUT2D eigenvalue weighted by Gasteiger charge is -2.27. The van der Waals surface area contributed by atoms with Gasteiger partial charge < -0.3 is 20.5 Å². The van der Waals surface area contributed by atoms with E-state index in [-0.39, 0.29) is 18.0 Å². The smallest absolute Gasteiger partial charge is 0.226 e. The van der Waals surface area contributed by atoms with Crippen LogP contribution in [0.25, 0.3) is 0 Å². The minimum Gasteiger partial charge on any atom is -0.361 e. The van der Waals surface area contributed by atoms with Gasteiger partial charge in [-0.3, -0.25) is 9.78 Å². The van der Waals surface area contributed by atoms with Crippen molar-refractivity contribution in [1.82, 2.24) is 20.2 Å². The van der Waals surface area contributed by atoms with Crippen LogP contribution in [0.1, 0.15) is 48.1 Å². The van der Waals surface area contributed by atoms with Gasteiger partial charge in [-0.1, -0.05) is 31.2 Å². The molecular weight excluding hydrogens is 406 g/mol. The van der Waals surface area contributed by atoms with Crippen LogP contribution >= 0.6 is 12.2 Å². The molecule has 160 valence electrons. The fourth-order valence-electron chi connectivity index (χ4n) is 4.07. The second-order valence-corrected chi connectivity index (χ2v) is 8.11. The number of para-hydroxylation sites is 1. The van der Waals surface area contributed by atoms with Gasteiger partial charge in [0.25, 0.3) is 0 Å². The van der Waals surface area contributed by atoms with Gasteiger partial charge in [-0.05, 0) is 61.5 Å². The Kier molecular flexibility index (Phi) is 6.32. The summed E-state index contributed by atoms with van der Waals surface area (Å²) in [5.41, 5.74) is 5.06. The van der Waals surface area contributed by atoms with Crippen molar-refractivity contribution in [2.24, 2.45) is 0 Å². The molecule has 6 nitrogen and oxygen atoms in total. The van der Waals surface area contributed by atoms with E-state index in [9.17, 15) is 4.79 Å². The molecule has 3 N–H and O–H groups in total. The minimum absolute atomic E-state index is 0.0218. The first-order valence-electron chi connectivity index (χ1n) is 10.6. The number of anilines is 1. The molecule has 0 spiro atoms. The highest BCUT2D eigenvalue weighted by Crippen LogP contribution is 2.38. The highest BCUT2D eigenvalue weighted by Gasteiger charge is 2.40. The third-order valence-corrected chi connectivity index (χ3v) is 5.98. The molecule has 3 heterocycles. The Labute approximate surface area is 188 Å². The lowest BCUT2D eigenvalue weighted by molar-refractivity contribution is -0.116. The third-order valence-electron chi connectivity index (χ3n) is 5.62. The van der Waals surface area contributed by atoms with E-state index in [1.807, 2.05) is 49.4 Å². The number of carbonyl (C=O) groups is 1. The molecule has 1 aliphatic rings. The molecule has 1 amide bonds. The highest BCUT2D eigenvalue weighted by molar-refractivity contribution is 7.80. The van der Waals surface area contributed by atoms with Crippen LogP contribution in [0.4, 0.5) is 5.69 Å². The van der Waals surface area contributed by atoms with Crippen molar-refractivity contribution in [3.63, 3.8) is 0 Å². The summed E-state index contributed by atoms with van der Waals surface area (Å²) in [6.45, 7) is 4.63. The summed E-state index contributed by atoms with van der Waals surface area (Å²) in [6.07, 6.45) is 3.00. The predicted molar refractivity (Wildman–Crippen MR) is 127 cm³/mol. The number of nitrogens with zero attached hydrogens (tertiary/aromatic N) is 2. The van der Waals surface area contributed by atoms with E-state index in [2.05, 4.69) is 44.6 Å². The predicted octanol–water partition coefficient (Wildman–Crippen LogP) is 4.28. The van der Waals surface area contributed by atoms with Gasteiger partial charge in [0.1, 0.15) is 0 Å². The summed E-state index contributed by atoms with van der Waals surface area (Å²) in [5.74, 6) is -0.0218. The van der Waals surface area contributed by atoms with Crippen LogP contribution in [0, 0.1) is 6.92 Å². The normalized spacial score (nSPS) is 18.1. The number of hydrogen-bond acceptors (Lipinski definition) is 3. The summed E-state index contributed by atoms with van der Waals surface area (Å²) in [5, 5.41) is 7.10. The molecule has 2 aromatic heterocycles. The molecule has 7 heteroatoms. The van der Waals surface area contributed by atoms with Gasteiger partial charge in [0.05, 0.1) is 17.8 Å². The lowest BCUT2D eigenvalue weighted by atomic mass is 10.0. The number of aromatic nitrogens is 2. The number of benzene rings is 1. The number of aromatic amines is 1. The average molecular weight is 434 g/mol.